The summed E-state index contributed by atoms with van der Waals surface area (Å²) >= 11 is 3.44. The normalized spacial score (nSPS) is 20.5. The first-order valence-corrected chi connectivity index (χ1v) is 5.68. The zero-order chi connectivity index (χ0) is 10.2. The van der Waals surface area contributed by atoms with Crippen LogP contribution in [0, 0.1) is 5.41 Å². The van der Waals surface area contributed by atoms with Gasteiger partial charge in [0.05, 0.1) is 11.8 Å². The molecule has 1 aromatic heterocycles. The van der Waals surface area contributed by atoms with Crippen molar-refractivity contribution in [1.82, 2.24) is 4.98 Å². The second kappa shape index (κ2) is 3.63. The van der Waals surface area contributed by atoms with Gasteiger partial charge in [-0.05, 0) is 46.3 Å². The summed E-state index contributed by atoms with van der Waals surface area (Å²) in [5.41, 5.74) is 1.10. The number of aliphatic hydroxyl groups excluding tert-OH is 1. The van der Waals surface area contributed by atoms with Crippen molar-refractivity contribution in [3.05, 3.63) is 28.5 Å². The summed E-state index contributed by atoms with van der Waals surface area (Å²) in [6.07, 6.45) is 4.44. The molecule has 0 aliphatic heterocycles. The molecule has 2 nitrogen and oxygen atoms in total. The molecule has 1 heterocycles. The molecule has 0 spiro atoms. The second-order valence-corrected chi connectivity index (χ2v) is 5.16. The first-order chi connectivity index (χ1) is 6.62. The van der Waals surface area contributed by atoms with Crippen LogP contribution in [0.1, 0.15) is 25.5 Å². The summed E-state index contributed by atoms with van der Waals surface area (Å²) in [5, 5.41) is 9.97. The Kier molecular flexibility index (Phi) is 2.62. The Morgan fingerprint density at radius 2 is 2.36 bits per heavy atom. The highest BCUT2D eigenvalue weighted by molar-refractivity contribution is 9.10. The Hall–Kier alpha value is -0.410. The molecular weight excluding hydrogens is 242 g/mol. The van der Waals surface area contributed by atoms with E-state index in [4.69, 9.17) is 0 Å². The number of aliphatic hydroxyl groups is 1. The second-order valence-electron chi connectivity index (χ2n) is 4.31. The van der Waals surface area contributed by atoms with Crippen LogP contribution in [-0.2, 0) is 6.42 Å². The van der Waals surface area contributed by atoms with Crippen LogP contribution < -0.4 is 0 Å². The Morgan fingerprint density at radius 3 is 2.93 bits per heavy atom. The van der Waals surface area contributed by atoms with Gasteiger partial charge in [0, 0.05) is 17.1 Å². The first kappa shape index (κ1) is 10.1. The van der Waals surface area contributed by atoms with E-state index in [-0.39, 0.29) is 11.5 Å². The fourth-order valence-corrected chi connectivity index (χ4v) is 1.95. The van der Waals surface area contributed by atoms with Gasteiger partial charge in [-0.15, -0.1) is 0 Å². The molecule has 2 rings (SSSR count). The molecule has 1 aliphatic carbocycles. The number of halogens is 1. The van der Waals surface area contributed by atoms with E-state index in [0.29, 0.717) is 6.42 Å². The molecule has 0 amide bonds. The molecule has 1 unspecified atom stereocenters. The van der Waals surface area contributed by atoms with E-state index in [0.717, 1.165) is 23.0 Å². The van der Waals surface area contributed by atoms with Gasteiger partial charge in [0.2, 0.25) is 0 Å². The Balaban J connectivity index is 2.07. The minimum absolute atomic E-state index is 0.150. The van der Waals surface area contributed by atoms with E-state index >= 15 is 0 Å². The van der Waals surface area contributed by atoms with Crippen molar-refractivity contribution < 1.29 is 5.11 Å². The SMILES string of the molecule is CC1(C(O)Cc2ncccc2Br)CC1. The zero-order valence-corrected chi connectivity index (χ0v) is 9.79. The molecule has 0 radical (unpaired) electrons. The monoisotopic (exact) mass is 255 g/mol. The van der Waals surface area contributed by atoms with Crippen molar-refractivity contribution in [1.29, 1.82) is 0 Å². The van der Waals surface area contributed by atoms with E-state index in [1.807, 2.05) is 12.1 Å². The smallest absolute Gasteiger partial charge is 0.0649 e. The van der Waals surface area contributed by atoms with Crippen LogP contribution in [0.5, 0.6) is 0 Å². The highest BCUT2D eigenvalue weighted by atomic mass is 79.9. The number of rotatable bonds is 3. The highest BCUT2D eigenvalue weighted by Gasteiger charge is 2.44. The fraction of sp³-hybridized carbons (Fsp3) is 0.545. The first-order valence-electron chi connectivity index (χ1n) is 4.89. The number of nitrogens with zero attached hydrogens (tertiary/aromatic N) is 1. The molecule has 1 atom stereocenters. The molecule has 0 bridgehead atoms. The lowest BCUT2D eigenvalue weighted by Gasteiger charge is -2.17. The molecule has 0 saturated heterocycles. The minimum Gasteiger partial charge on any atom is -0.392 e. The van der Waals surface area contributed by atoms with Crippen LogP contribution in [0.25, 0.3) is 0 Å². The van der Waals surface area contributed by atoms with Crippen LogP contribution in [-0.4, -0.2) is 16.2 Å². The van der Waals surface area contributed by atoms with Gasteiger partial charge in [-0.1, -0.05) is 6.92 Å². The van der Waals surface area contributed by atoms with Crippen LogP contribution >= 0.6 is 15.9 Å². The third-order valence-electron chi connectivity index (χ3n) is 3.06. The van der Waals surface area contributed by atoms with Crippen molar-refractivity contribution in [2.45, 2.75) is 32.3 Å². The number of hydrogen-bond donors (Lipinski definition) is 1. The standard InChI is InChI=1S/C11H14BrNO/c1-11(4-5-11)10(14)7-9-8(12)3-2-6-13-9/h2-3,6,10,14H,4-5,7H2,1H3. The molecule has 1 N–H and O–H groups in total. The number of aromatic nitrogens is 1. The predicted octanol–water partition coefficient (Wildman–Crippen LogP) is 2.55. The molecule has 3 heteroatoms. The van der Waals surface area contributed by atoms with Gasteiger partial charge in [-0.2, -0.15) is 0 Å². The molecule has 0 aromatic carbocycles. The van der Waals surface area contributed by atoms with Crippen molar-refractivity contribution in [3.63, 3.8) is 0 Å². The van der Waals surface area contributed by atoms with Crippen molar-refractivity contribution in [3.8, 4) is 0 Å². The quantitative estimate of drug-likeness (QED) is 0.901. The van der Waals surface area contributed by atoms with Gasteiger partial charge in [0.15, 0.2) is 0 Å². The van der Waals surface area contributed by atoms with Gasteiger partial charge in [-0.3, -0.25) is 4.98 Å². The Bertz CT molecular complexity index is 336. The molecule has 14 heavy (non-hydrogen) atoms. The van der Waals surface area contributed by atoms with Crippen LogP contribution in [0.15, 0.2) is 22.8 Å². The van der Waals surface area contributed by atoms with E-state index in [1.54, 1.807) is 6.20 Å². The Morgan fingerprint density at radius 1 is 1.64 bits per heavy atom. The van der Waals surface area contributed by atoms with E-state index in [1.165, 1.54) is 0 Å². The maximum atomic E-state index is 9.97. The van der Waals surface area contributed by atoms with Crippen LogP contribution in [0.4, 0.5) is 0 Å². The maximum absolute atomic E-state index is 9.97. The van der Waals surface area contributed by atoms with Gasteiger partial charge in [0.1, 0.15) is 0 Å². The van der Waals surface area contributed by atoms with Gasteiger partial charge < -0.3 is 5.11 Å². The highest BCUT2D eigenvalue weighted by Crippen LogP contribution is 2.48. The zero-order valence-electron chi connectivity index (χ0n) is 8.20. The van der Waals surface area contributed by atoms with Gasteiger partial charge >= 0.3 is 0 Å². The van der Waals surface area contributed by atoms with Crippen molar-refractivity contribution in [2.24, 2.45) is 5.41 Å². The van der Waals surface area contributed by atoms with Crippen molar-refractivity contribution in [2.75, 3.05) is 0 Å². The lowest BCUT2D eigenvalue weighted by molar-refractivity contribution is 0.102. The average Bonchev–Trinajstić information content (AvgIpc) is 2.89. The minimum atomic E-state index is -0.256. The summed E-state index contributed by atoms with van der Waals surface area (Å²) in [5.74, 6) is 0. The fourth-order valence-electron chi connectivity index (χ4n) is 1.53. The van der Waals surface area contributed by atoms with Crippen LogP contribution in [0.3, 0.4) is 0 Å². The van der Waals surface area contributed by atoms with E-state index in [9.17, 15) is 5.11 Å². The summed E-state index contributed by atoms with van der Waals surface area (Å²) in [6, 6.07) is 3.85. The number of pyridine rings is 1. The summed E-state index contributed by atoms with van der Waals surface area (Å²) in [6.45, 7) is 2.13. The third-order valence-corrected chi connectivity index (χ3v) is 3.79. The molecule has 1 aromatic rings. The Labute approximate surface area is 92.5 Å². The topological polar surface area (TPSA) is 33.1 Å². The molecular formula is C11H14BrNO. The maximum Gasteiger partial charge on any atom is 0.0649 e. The van der Waals surface area contributed by atoms with Crippen LogP contribution in [0.2, 0.25) is 0 Å². The average molecular weight is 256 g/mol. The third kappa shape index (κ3) is 1.98. The molecule has 1 aliphatic rings. The summed E-state index contributed by atoms with van der Waals surface area (Å²) in [4.78, 5) is 4.25. The van der Waals surface area contributed by atoms with Gasteiger partial charge in [0.25, 0.3) is 0 Å². The predicted molar refractivity (Wildman–Crippen MR) is 59.0 cm³/mol. The summed E-state index contributed by atoms with van der Waals surface area (Å²) in [7, 11) is 0. The van der Waals surface area contributed by atoms with Crippen molar-refractivity contribution >= 4 is 15.9 Å². The molecule has 1 fully saturated rings. The van der Waals surface area contributed by atoms with Gasteiger partial charge in [-0.25, -0.2) is 0 Å². The number of hydrogen-bond acceptors (Lipinski definition) is 2. The molecule has 76 valence electrons. The van der Waals surface area contributed by atoms with E-state index in [2.05, 4.69) is 27.8 Å². The summed E-state index contributed by atoms with van der Waals surface area (Å²) < 4.78 is 0.989. The molecule has 1 saturated carbocycles. The van der Waals surface area contributed by atoms with E-state index < -0.39 is 0 Å². The largest absolute Gasteiger partial charge is 0.392 e. The lowest BCUT2D eigenvalue weighted by atomic mass is 9.97. The lowest BCUT2D eigenvalue weighted by Crippen LogP contribution is -2.22.